The number of aromatic nitrogens is 3. The van der Waals surface area contributed by atoms with E-state index in [1.807, 2.05) is 31.2 Å². The van der Waals surface area contributed by atoms with Crippen molar-refractivity contribution in [3.8, 4) is 16.3 Å². The van der Waals surface area contributed by atoms with Gasteiger partial charge in [-0.2, -0.15) is 0 Å². The highest BCUT2D eigenvalue weighted by Gasteiger charge is 2.25. The highest BCUT2D eigenvalue weighted by molar-refractivity contribution is 7.22. The summed E-state index contributed by atoms with van der Waals surface area (Å²) in [5.74, 6) is -1.47. The molecule has 10 heteroatoms. The van der Waals surface area contributed by atoms with Crippen LogP contribution in [0, 0.1) is 11.6 Å². The lowest BCUT2D eigenvalue weighted by molar-refractivity contribution is -0.118. The second-order valence-corrected chi connectivity index (χ2v) is 10.2. The SMILES string of the molecule is CCC(=O)Cc1ccc(-c2sc3c(c2CCl)c(=O)n(-c2ccccn2)c(=O)n3Cc2c(F)cccc2F)cc1. The van der Waals surface area contributed by atoms with Crippen molar-refractivity contribution in [3.05, 3.63) is 116 Å². The fraction of sp³-hybridized carbons (Fsp3) is 0.172. The number of Topliss-reactive ketones (excluding diaryl/α,β-unsaturated/α-hetero) is 1. The lowest BCUT2D eigenvalue weighted by atomic mass is 10.0. The molecular formula is C29H22ClF2N3O3S. The molecule has 2 aromatic carbocycles. The molecule has 6 nitrogen and oxygen atoms in total. The highest BCUT2D eigenvalue weighted by Crippen LogP contribution is 2.38. The molecule has 0 unspecified atom stereocenters. The Labute approximate surface area is 230 Å². The van der Waals surface area contributed by atoms with Gasteiger partial charge in [0.05, 0.1) is 11.9 Å². The van der Waals surface area contributed by atoms with Crippen LogP contribution < -0.4 is 11.2 Å². The fourth-order valence-electron chi connectivity index (χ4n) is 4.43. The number of benzene rings is 2. The summed E-state index contributed by atoms with van der Waals surface area (Å²) in [6.45, 7) is 1.37. The van der Waals surface area contributed by atoms with Crippen LogP contribution in [0.2, 0.25) is 0 Å². The maximum absolute atomic E-state index is 14.7. The third kappa shape index (κ3) is 4.95. The minimum Gasteiger partial charge on any atom is -0.299 e. The number of ketones is 1. The van der Waals surface area contributed by atoms with Gasteiger partial charge in [0.2, 0.25) is 0 Å². The molecule has 0 fully saturated rings. The molecule has 5 rings (SSSR count). The summed E-state index contributed by atoms with van der Waals surface area (Å²) in [5, 5.41) is 0.178. The lowest BCUT2D eigenvalue weighted by Crippen LogP contribution is -2.39. The van der Waals surface area contributed by atoms with Crippen molar-refractivity contribution in [2.24, 2.45) is 0 Å². The van der Waals surface area contributed by atoms with Crippen LogP contribution in [0.4, 0.5) is 8.78 Å². The van der Waals surface area contributed by atoms with Crippen LogP contribution in [0.1, 0.15) is 30.0 Å². The molecule has 0 bridgehead atoms. The maximum Gasteiger partial charge on any atom is 0.338 e. The Hall–Kier alpha value is -3.95. The van der Waals surface area contributed by atoms with E-state index in [1.54, 1.807) is 12.1 Å². The van der Waals surface area contributed by atoms with Crippen LogP contribution in [0.5, 0.6) is 0 Å². The topological polar surface area (TPSA) is 74.0 Å². The number of hydrogen-bond acceptors (Lipinski definition) is 5. The number of nitrogens with zero attached hydrogens (tertiary/aromatic N) is 3. The van der Waals surface area contributed by atoms with Crippen LogP contribution in [-0.4, -0.2) is 19.9 Å². The van der Waals surface area contributed by atoms with Gasteiger partial charge in [-0.1, -0.05) is 43.3 Å². The first kappa shape index (κ1) is 26.6. The number of carbonyl (C=O) groups is 1. The van der Waals surface area contributed by atoms with Gasteiger partial charge in [-0.05, 0) is 35.4 Å². The van der Waals surface area contributed by atoms with Crippen molar-refractivity contribution >= 4 is 38.9 Å². The molecule has 0 atom stereocenters. The zero-order chi connectivity index (χ0) is 27.7. The number of carbonyl (C=O) groups excluding carboxylic acids is 1. The smallest absolute Gasteiger partial charge is 0.299 e. The van der Waals surface area contributed by atoms with Gasteiger partial charge in [0.15, 0.2) is 0 Å². The summed E-state index contributed by atoms with van der Waals surface area (Å²) in [6.07, 6.45) is 2.20. The molecule has 39 heavy (non-hydrogen) atoms. The molecule has 0 radical (unpaired) electrons. The largest absolute Gasteiger partial charge is 0.338 e. The molecular weight excluding hydrogens is 544 g/mol. The monoisotopic (exact) mass is 565 g/mol. The minimum absolute atomic E-state index is 0.0465. The zero-order valence-electron chi connectivity index (χ0n) is 20.8. The third-order valence-electron chi connectivity index (χ3n) is 6.47. The van der Waals surface area contributed by atoms with Crippen molar-refractivity contribution in [2.75, 3.05) is 0 Å². The second-order valence-electron chi connectivity index (χ2n) is 8.89. The van der Waals surface area contributed by atoms with E-state index in [9.17, 15) is 23.2 Å². The Morgan fingerprint density at radius 3 is 2.31 bits per heavy atom. The second kappa shape index (κ2) is 11.0. The van der Waals surface area contributed by atoms with E-state index in [-0.39, 0.29) is 33.3 Å². The molecule has 0 aliphatic heterocycles. The Bertz CT molecular complexity index is 1790. The maximum atomic E-state index is 14.7. The van der Waals surface area contributed by atoms with Crippen LogP contribution in [0.3, 0.4) is 0 Å². The number of thiophene rings is 1. The summed E-state index contributed by atoms with van der Waals surface area (Å²) >= 11 is 7.53. The van der Waals surface area contributed by atoms with Crippen molar-refractivity contribution < 1.29 is 13.6 Å². The molecule has 198 valence electrons. The molecule has 0 saturated carbocycles. The van der Waals surface area contributed by atoms with Crippen molar-refractivity contribution in [1.29, 1.82) is 0 Å². The average Bonchev–Trinajstić information content (AvgIpc) is 3.33. The molecule has 0 aliphatic rings. The first-order valence-corrected chi connectivity index (χ1v) is 13.5. The van der Waals surface area contributed by atoms with Crippen molar-refractivity contribution in [2.45, 2.75) is 32.2 Å². The molecule has 3 heterocycles. The third-order valence-corrected chi connectivity index (χ3v) is 8.05. The fourth-order valence-corrected chi connectivity index (χ4v) is 6.08. The number of hydrogen-bond donors (Lipinski definition) is 0. The number of halogens is 3. The first-order chi connectivity index (χ1) is 18.8. The van der Waals surface area contributed by atoms with Gasteiger partial charge in [-0.15, -0.1) is 22.9 Å². The number of rotatable bonds is 8. The number of alkyl halides is 1. The molecule has 5 aromatic rings. The van der Waals surface area contributed by atoms with Gasteiger partial charge in [0.25, 0.3) is 5.56 Å². The van der Waals surface area contributed by atoms with Gasteiger partial charge in [-0.3, -0.25) is 14.2 Å². The normalized spacial score (nSPS) is 11.3. The van der Waals surface area contributed by atoms with Gasteiger partial charge in [-0.25, -0.2) is 23.1 Å². The van der Waals surface area contributed by atoms with Gasteiger partial charge in [0.1, 0.15) is 28.1 Å². The van der Waals surface area contributed by atoms with E-state index in [0.29, 0.717) is 23.3 Å². The quantitative estimate of drug-likeness (QED) is 0.221. The zero-order valence-corrected chi connectivity index (χ0v) is 22.4. The standard InChI is InChI=1S/C29H22ClF2N3O3S/c1-2-19(36)14-17-9-11-18(12-10-17)26-20(15-30)25-27(37)35(24-8-3-4-13-33-24)29(38)34(28(25)39-26)16-21-22(31)6-5-7-23(21)32/h3-13H,2,14-16H2,1H3. The molecule has 3 aromatic heterocycles. The van der Waals surface area contributed by atoms with Crippen LogP contribution in [-0.2, 0) is 23.6 Å². The molecule has 0 saturated heterocycles. The molecule has 0 aliphatic carbocycles. The molecule has 0 N–H and O–H groups in total. The number of pyridine rings is 1. The average molecular weight is 566 g/mol. The summed E-state index contributed by atoms with van der Waals surface area (Å²) in [6, 6.07) is 15.6. The molecule has 0 amide bonds. The Balaban J connectivity index is 1.78. The van der Waals surface area contributed by atoms with E-state index in [0.717, 1.165) is 39.2 Å². The van der Waals surface area contributed by atoms with E-state index in [4.69, 9.17) is 11.6 Å². The highest BCUT2D eigenvalue weighted by atomic mass is 35.5. The van der Waals surface area contributed by atoms with Gasteiger partial charge in [0, 0.05) is 40.9 Å². The van der Waals surface area contributed by atoms with Crippen molar-refractivity contribution in [3.63, 3.8) is 0 Å². The Morgan fingerprint density at radius 2 is 1.69 bits per heavy atom. The lowest BCUT2D eigenvalue weighted by Gasteiger charge is -2.13. The predicted octanol–water partition coefficient (Wildman–Crippen LogP) is 5.86. The Morgan fingerprint density at radius 1 is 0.974 bits per heavy atom. The molecule has 0 spiro atoms. The van der Waals surface area contributed by atoms with E-state index in [1.165, 1.54) is 22.9 Å². The number of fused-ring (bicyclic) bond motifs is 1. The summed E-state index contributed by atoms with van der Waals surface area (Å²) in [7, 11) is 0. The Kier molecular flexibility index (Phi) is 7.54. The van der Waals surface area contributed by atoms with Crippen molar-refractivity contribution in [1.82, 2.24) is 14.1 Å². The predicted molar refractivity (Wildman–Crippen MR) is 149 cm³/mol. The summed E-state index contributed by atoms with van der Waals surface area (Å²) in [5.41, 5.74) is 0.368. The van der Waals surface area contributed by atoms with E-state index >= 15 is 0 Å². The van der Waals surface area contributed by atoms with E-state index in [2.05, 4.69) is 4.98 Å². The van der Waals surface area contributed by atoms with Crippen LogP contribution in [0.15, 0.2) is 76.4 Å². The van der Waals surface area contributed by atoms with Gasteiger partial charge < -0.3 is 0 Å². The van der Waals surface area contributed by atoms with Crippen LogP contribution >= 0.6 is 22.9 Å². The van der Waals surface area contributed by atoms with Gasteiger partial charge >= 0.3 is 5.69 Å². The summed E-state index contributed by atoms with van der Waals surface area (Å²) < 4.78 is 31.4. The van der Waals surface area contributed by atoms with E-state index < -0.39 is 29.4 Å². The minimum atomic E-state index is -0.808. The van der Waals surface area contributed by atoms with Crippen LogP contribution in [0.25, 0.3) is 26.5 Å². The first-order valence-electron chi connectivity index (χ1n) is 12.2. The summed E-state index contributed by atoms with van der Waals surface area (Å²) in [4.78, 5) is 44.4.